The number of furan rings is 2. The van der Waals surface area contributed by atoms with Crippen LogP contribution in [0.4, 0.5) is 0 Å². The van der Waals surface area contributed by atoms with Gasteiger partial charge in [-0.25, -0.2) is 0 Å². The van der Waals surface area contributed by atoms with E-state index in [0.717, 1.165) is 43.9 Å². The van der Waals surface area contributed by atoms with Crippen molar-refractivity contribution in [2.45, 2.75) is 0 Å². The number of benzene rings is 8. The van der Waals surface area contributed by atoms with Crippen LogP contribution in [0.25, 0.3) is 98.8 Å². The van der Waals surface area contributed by atoms with E-state index in [0.29, 0.717) is 0 Å². The lowest BCUT2D eigenvalue weighted by molar-refractivity contribution is 0.656. The number of rotatable bonds is 3. The van der Waals surface area contributed by atoms with Crippen molar-refractivity contribution in [1.29, 1.82) is 0 Å². The van der Waals surface area contributed by atoms with E-state index in [9.17, 15) is 0 Å². The van der Waals surface area contributed by atoms with E-state index in [1.54, 1.807) is 0 Å². The minimum Gasteiger partial charge on any atom is -0.456 e. The second-order valence-corrected chi connectivity index (χ2v) is 12.0. The average molecular weight is 587 g/mol. The van der Waals surface area contributed by atoms with Crippen LogP contribution in [0.5, 0.6) is 0 Å². The zero-order valence-electron chi connectivity index (χ0n) is 24.8. The summed E-state index contributed by atoms with van der Waals surface area (Å²) in [6.07, 6.45) is 0. The van der Waals surface area contributed by atoms with Gasteiger partial charge < -0.3 is 8.83 Å². The molecule has 2 nitrogen and oxygen atoms in total. The van der Waals surface area contributed by atoms with Crippen LogP contribution in [-0.2, 0) is 0 Å². The Morgan fingerprint density at radius 3 is 1.50 bits per heavy atom. The van der Waals surface area contributed by atoms with Gasteiger partial charge in [0.05, 0.1) is 0 Å². The van der Waals surface area contributed by atoms with Gasteiger partial charge in [0.15, 0.2) is 0 Å². The first-order chi connectivity index (χ1) is 22.8. The van der Waals surface area contributed by atoms with Gasteiger partial charge in [0.25, 0.3) is 0 Å². The maximum absolute atomic E-state index is 6.54. The second-order valence-electron chi connectivity index (χ2n) is 12.0. The molecule has 2 heteroatoms. The van der Waals surface area contributed by atoms with E-state index < -0.39 is 0 Å². The molecule has 0 saturated carbocycles. The van der Waals surface area contributed by atoms with Crippen LogP contribution >= 0.6 is 0 Å². The minimum atomic E-state index is 0.830. The van der Waals surface area contributed by atoms with Crippen molar-refractivity contribution in [1.82, 2.24) is 0 Å². The summed E-state index contributed by atoms with van der Waals surface area (Å²) in [4.78, 5) is 0. The lowest BCUT2D eigenvalue weighted by atomic mass is 9.83. The largest absolute Gasteiger partial charge is 0.456 e. The maximum atomic E-state index is 6.54. The molecule has 8 aromatic carbocycles. The molecule has 0 amide bonds. The number of hydrogen-bond acceptors (Lipinski definition) is 2. The van der Waals surface area contributed by atoms with Crippen molar-refractivity contribution >= 4 is 65.4 Å². The van der Waals surface area contributed by atoms with Gasteiger partial charge in [-0.15, -0.1) is 0 Å². The van der Waals surface area contributed by atoms with Gasteiger partial charge in [0.1, 0.15) is 22.3 Å². The van der Waals surface area contributed by atoms with Crippen molar-refractivity contribution < 1.29 is 8.83 Å². The zero-order valence-corrected chi connectivity index (χ0v) is 24.8. The molecule has 214 valence electrons. The van der Waals surface area contributed by atoms with Crippen molar-refractivity contribution in [3.05, 3.63) is 158 Å². The van der Waals surface area contributed by atoms with Crippen molar-refractivity contribution in [2.75, 3.05) is 0 Å². The second kappa shape index (κ2) is 9.69. The first kappa shape index (κ1) is 25.2. The molecule has 0 bridgehead atoms. The molecule has 0 saturated heterocycles. The molecule has 46 heavy (non-hydrogen) atoms. The zero-order chi connectivity index (χ0) is 30.2. The molecule has 0 aliphatic heterocycles. The lowest BCUT2D eigenvalue weighted by Gasteiger charge is -2.20. The van der Waals surface area contributed by atoms with Gasteiger partial charge in [-0.05, 0) is 73.1 Å². The summed E-state index contributed by atoms with van der Waals surface area (Å²) < 4.78 is 12.8. The van der Waals surface area contributed by atoms with E-state index in [2.05, 4.69) is 140 Å². The highest BCUT2D eigenvalue weighted by atomic mass is 16.3. The highest BCUT2D eigenvalue weighted by molar-refractivity contribution is 6.27. The fraction of sp³-hybridized carbons (Fsp3) is 0. The monoisotopic (exact) mass is 586 g/mol. The summed E-state index contributed by atoms with van der Waals surface area (Å²) in [5.41, 5.74) is 10.7. The summed E-state index contributed by atoms with van der Waals surface area (Å²) >= 11 is 0. The summed E-state index contributed by atoms with van der Waals surface area (Å²) in [6.45, 7) is 0. The Kier molecular flexibility index (Phi) is 5.31. The van der Waals surface area contributed by atoms with Crippen LogP contribution in [0.15, 0.2) is 167 Å². The molecule has 2 aromatic heterocycles. The Hall–Kier alpha value is -6.12. The molecule has 10 aromatic rings. The number of hydrogen-bond donors (Lipinski definition) is 0. The third-order valence-corrected chi connectivity index (χ3v) is 9.48. The molecule has 0 aliphatic carbocycles. The van der Waals surface area contributed by atoms with Crippen molar-refractivity contribution in [2.24, 2.45) is 0 Å². The Morgan fingerprint density at radius 2 is 0.783 bits per heavy atom. The number of fused-ring (bicyclic) bond motifs is 8. The summed E-state index contributed by atoms with van der Waals surface area (Å²) in [7, 11) is 0. The van der Waals surface area contributed by atoms with Crippen LogP contribution in [0, 0.1) is 0 Å². The normalized spacial score (nSPS) is 11.9. The van der Waals surface area contributed by atoms with E-state index in [1.165, 1.54) is 54.9 Å². The van der Waals surface area contributed by atoms with Crippen LogP contribution in [0.1, 0.15) is 0 Å². The van der Waals surface area contributed by atoms with Crippen LogP contribution in [-0.4, -0.2) is 0 Å². The predicted octanol–water partition coefficient (Wildman–Crippen LogP) is 12.8. The molecule has 0 radical (unpaired) electrons. The highest BCUT2D eigenvalue weighted by Gasteiger charge is 2.22. The standard InChI is InChI=1S/C44H26O2/c1-2-13-27(14-3-1)28-15-4-5-17-30(28)42-31-18-6-8-20-33(31)43(34-21-9-7-19-32(34)42)35-22-12-24-39-44(35)37-25-36-29-16-10-11-23-38(29)45-40(36)26-41(37)46-39/h1-26H. The van der Waals surface area contributed by atoms with E-state index in [4.69, 9.17) is 8.83 Å². The summed E-state index contributed by atoms with van der Waals surface area (Å²) in [5, 5.41) is 9.33. The molecule has 0 atom stereocenters. The van der Waals surface area contributed by atoms with Crippen LogP contribution in [0.2, 0.25) is 0 Å². The first-order valence-electron chi connectivity index (χ1n) is 15.7. The average Bonchev–Trinajstić information content (AvgIpc) is 3.67. The topological polar surface area (TPSA) is 26.3 Å². The SMILES string of the molecule is c1ccc(-c2ccccc2-c2c3ccccc3c(-c3cccc4oc5cc6oc7ccccc7c6cc5c34)c3ccccc23)cc1. The molecule has 0 spiro atoms. The molecule has 0 aliphatic rings. The van der Waals surface area contributed by atoms with Gasteiger partial charge in [0, 0.05) is 27.6 Å². The fourth-order valence-electron chi connectivity index (χ4n) is 7.53. The quantitative estimate of drug-likeness (QED) is 0.193. The van der Waals surface area contributed by atoms with E-state index in [1.807, 2.05) is 18.2 Å². The van der Waals surface area contributed by atoms with Gasteiger partial charge >= 0.3 is 0 Å². The molecular weight excluding hydrogens is 560 g/mol. The van der Waals surface area contributed by atoms with E-state index in [-0.39, 0.29) is 0 Å². The first-order valence-corrected chi connectivity index (χ1v) is 15.7. The van der Waals surface area contributed by atoms with Crippen molar-refractivity contribution in [3.63, 3.8) is 0 Å². The molecule has 0 N–H and O–H groups in total. The Labute approximate surface area is 264 Å². The van der Waals surface area contributed by atoms with Gasteiger partial charge in [0.2, 0.25) is 0 Å². The smallest absolute Gasteiger partial charge is 0.139 e. The van der Waals surface area contributed by atoms with Crippen LogP contribution in [0.3, 0.4) is 0 Å². The summed E-state index contributed by atoms with van der Waals surface area (Å²) in [5.74, 6) is 0. The van der Waals surface area contributed by atoms with Gasteiger partial charge in [-0.3, -0.25) is 0 Å². The molecular formula is C44H26O2. The molecule has 2 heterocycles. The van der Waals surface area contributed by atoms with Gasteiger partial charge in [-0.2, -0.15) is 0 Å². The predicted molar refractivity (Wildman–Crippen MR) is 192 cm³/mol. The van der Waals surface area contributed by atoms with E-state index >= 15 is 0 Å². The highest BCUT2D eigenvalue weighted by Crippen LogP contribution is 2.48. The van der Waals surface area contributed by atoms with Crippen molar-refractivity contribution in [3.8, 4) is 33.4 Å². The third kappa shape index (κ3) is 3.59. The third-order valence-electron chi connectivity index (χ3n) is 9.48. The molecule has 0 unspecified atom stereocenters. The molecule has 0 fully saturated rings. The Balaban J connectivity index is 1.33. The van der Waals surface area contributed by atoms with Gasteiger partial charge in [-0.1, -0.05) is 133 Å². The molecule has 10 rings (SSSR count). The fourth-order valence-corrected chi connectivity index (χ4v) is 7.53. The van der Waals surface area contributed by atoms with Crippen LogP contribution < -0.4 is 0 Å². The Bertz CT molecular complexity index is 2740. The minimum absolute atomic E-state index is 0.830. The number of para-hydroxylation sites is 1. The summed E-state index contributed by atoms with van der Waals surface area (Å²) in [6, 6.07) is 56.2. The Morgan fingerprint density at radius 1 is 0.283 bits per heavy atom. The maximum Gasteiger partial charge on any atom is 0.139 e. The lowest BCUT2D eigenvalue weighted by Crippen LogP contribution is -1.93.